The van der Waals surface area contributed by atoms with E-state index in [1.54, 1.807) is 6.07 Å². The molecule has 0 amide bonds. The minimum atomic E-state index is -0.260. The van der Waals surface area contributed by atoms with Crippen LogP contribution in [0.15, 0.2) is 18.2 Å². The maximum Gasteiger partial charge on any atom is 0.146 e. The van der Waals surface area contributed by atoms with Gasteiger partial charge in [0.25, 0.3) is 0 Å². The molecule has 0 saturated carbocycles. The number of nitrogens with zero attached hydrogens (tertiary/aromatic N) is 1. The molecule has 19 heavy (non-hydrogen) atoms. The Hall–Kier alpha value is -0.350. The van der Waals surface area contributed by atoms with E-state index >= 15 is 0 Å². The summed E-state index contributed by atoms with van der Waals surface area (Å²) in [5.74, 6) is -0.260. The highest BCUT2D eigenvalue weighted by Crippen LogP contribution is 2.36. The average Bonchev–Trinajstić information content (AvgIpc) is 2.97. The van der Waals surface area contributed by atoms with Gasteiger partial charge in [0, 0.05) is 25.2 Å². The third-order valence-electron chi connectivity index (χ3n) is 4.28. The lowest BCUT2D eigenvalue weighted by atomic mass is 9.86. The van der Waals surface area contributed by atoms with Crippen LogP contribution in [0.4, 0.5) is 4.39 Å². The first-order valence-corrected chi connectivity index (χ1v) is 6.92. The summed E-state index contributed by atoms with van der Waals surface area (Å²) in [4.78, 5) is 2.35. The van der Waals surface area contributed by atoms with Crippen LogP contribution in [0.5, 0.6) is 0 Å². The van der Waals surface area contributed by atoms with Gasteiger partial charge in [0.15, 0.2) is 0 Å². The molecule has 0 aromatic heterocycles. The summed E-state index contributed by atoms with van der Waals surface area (Å²) in [6.45, 7) is 5.05. The van der Waals surface area contributed by atoms with Gasteiger partial charge >= 0.3 is 0 Å². The summed E-state index contributed by atoms with van der Waals surface area (Å²) in [6.07, 6.45) is 2.48. The van der Waals surface area contributed by atoms with Crippen LogP contribution in [0.2, 0.25) is 5.02 Å². The Balaban J connectivity index is 0.00000133. The average molecular weight is 305 g/mol. The van der Waals surface area contributed by atoms with Crippen molar-refractivity contribution in [2.24, 2.45) is 5.41 Å². The van der Waals surface area contributed by atoms with Crippen LogP contribution in [0.25, 0.3) is 0 Å². The molecule has 0 bridgehead atoms. The van der Waals surface area contributed by atoms with Crippen molar-refractivity contribution in [2.75, 3.05) is 26.2 Å². The molecule has 1 aromatic rings. The van der Waals surface area contributed by atoms with Crippen LogP contribution in [0.3, 0.4) is 0 Å². The van der Waals surface area contributed by atoms with Gasteiger partial charge in [-0.05, 0) is 37.4 Å². The van der Waals surface area contributed by atoms with Gasteiger partial charge in [-0.25, -0.2) is 4.39 Å². The van der Waals surface area contributed by atoms with Crippen molar-refractivity contribution in [3.8, 4) is 0 Å². The summed E-state index contributed by atoms with van der Waals surface area (Å²) < 4.78 is 13.9. The van der Waals surface area contributed by atoms with Gasteiger partial charge in [0.2, 0.25) is 0 Å². The monoisotopic (exact) mass is 304 g/mol. The molecular weight excluding hydrogens is 286 g/mol. The van der Waals surface area contributed by atoms with Crippen molar-refractivity contribution in [2.45, 2.75) is 19.4 Å². The zero-order valence-corrected chi connectivity index (χ0v) is 12.4. The zero-order chi connectivity index (χ0) is 12.6. The topological polar surface area (TPSA) is 15.3 Å². The Bertz CT molecular complexity index is 447. The fraction of sp³-hybridized carbons (Fsp3) is 0.571. The molecule has 2 aliphatic rings. The maximum absolute atomic E-state index is 13.9. The summed E-state index contributed by atoms with van der Waals surface area (Å²) in [5, 5.41) is 3.66. The predicted octanol–water partition coefficient (Wildman–Crippen LogP) is 3.09. The minimum Gasteiger partial charge on any atom is -0.316 e. The van der Waals surface area contributed by atoms with Crippen molar-refractivity contribution in [1.29, 1.82) is 0 Å². The smallest absolute Gasteiger partial charge is 0.146 e. The van der Waals surface area contributed by atoms with E-state index in [2.05, 4.69) is 10.2 Å². The molecular formula is C14H19Cl2FN2. The van der Waals surface area contributed by atoms with E-state index in [-0.39, 0.29) is 23.2 Å². The summed E-state index contributed by atoms with van der Waals surface area (Å²) in [7, 11) is 0. The molecule has 1 unspecified atom stereocenters. The molecule has 2 saturated heterocycles. The number of hydrogen-bond acceptors (Lipinski definition) is 2. The highest BCUT2D eigenvalue weighted by Gasteiger charge is 2.40. The Morgan fingerprint density at radius 1 is 1.37 bits per heavy atom. The van der Waals surface area contributed by atoms with Crippen LogP contribution in [-0.4, -0.2) is 31.1 Å². The number of nitrogens with one attached hydrogen (secondary N) is 1. The molecule has 0 aliphatic carbocycles. The van der Waals surface area contributed by atoms with Crippen LogP contribution >= 0.6 is 24.0 Å². The first-order chi connectivity index (χ1) is 8.69. The number of rotatable bonds is 2. The van der Waals surface area contributed by atoms with E-state index < -0.39 is 0 Å². The van der Waals surface area contributed by atoms with Crippen LogP contribution in [-0.2, 0) is 6.54 Å². The van der Waals surface area contributed by atoms with E-state index in [1.165, 1.54) is 12.8 Å². The number of halogens is 3. The molecule has 1 atom stereocenters. The van der Waals surface area contributed by atoms with Gasteiger partial charge in [-0.1, -0.05) is 23.7 Å². The standard InChI is InChI=1S/C14H18ClFN2.ClH/c15-12-3-1-2-11(13(12)16)8-18-7-5-14(10-18)4-6-17-9-14;/h1-3,17H,4-10H2;1H. The highest BCUT2D eigenvalue weighted by molar-refractivity contribution is 6.30. The molecule has 106 valence electrons. The van der Waals surface area contributed by atoms with E-state index in [4.69, 9.17) is 11.6 Å². The van der Waals surface area contributed by atoms with E-state index in [1.807, 2.05) is 12.1 Å². The fourth-order valence-corrected chi connectivity index (χ4v) is 3.41. The van der Waals surface area contributed by atoms with Gasteiger partial charge in [0.05, 0.1) is 5.02 Å². The fourth-order valence-electron chi connectivity index (χ4n) is 3.22. The van der Waals surface area contributed by atoms with Crippen molar-refractivity contribution >= 4 is 24.0 Å². The Kier molecular flexibility index (Phi) is 4.72. The molecule has 3 rings (SSSR count). The molecule has 1 N–H and O–H groups in total. The van der Waals surface area contributed by atoms with E-state index in [0.717, 1.165) is 26.2 Å². The Labute approximate surface area is 124 Å². The van der Waals surface area contributed by atoms with Crippen molar-refractivity contribution in [3.63, 3.8) is 0 Å². The summed E-state index contributed by atoms with van der Waals surface area (Å²) in [6, 6.07) is 5.26. The first kappa shape index (κ1) is 15.0. The molecule has 5 heteroatoms. The molecule has 1 aromatic carbocycles. The van der Waals surface area contributed by atoms with Crippen LogP contribution in [0, 0.1) is 11.2 Å². The van der Waals surface area contributed by atoms with Crippen molar-refractivity contribution in [1.82, 2.24) is 10.2 Å². The largest absolute Gasteiger partial charge is 0.316 e. The predicted molar refractivity (Wildman–Crippen MR) is 78.5 cm³/mol. The van der Waals surface area contributed by atoms with Gasteiger partial charge in [-0.2, -0.15) is 0 Å². The second kappa shape index (κ2) is 5.96. The van der Waals surface area contributed by atoms with Crippen LogP contribution in [0.1, 0.15) is 18.4 Å². The molecule has 2 aliphatic heterocycles. The number of likely N-dealkylation sites (tertiary alicyclic amines) is 1. The number of benzene rings is 1. The Morgan fingerprint density at radius 2 is 2.21 bits per heavy atom. The first-order valence-electron chi connectivity index (χ1n) is 6.55. The molecule has 2 nitrogen and oxygen atoms in total. The maximum atomic E-state index is 13.9. The van der Waals surface area contributed by atoms with E-state index in [9.17, 15) is 4.39 Å². The van der Waals surface area contributed by atoms with Gasteiger partial charge in [-0.15, -0.1) is 12.4 Å². The number of hydrogen-bond donors (Lipinski definition) is 1. The molecule has 2 heterocycles. The summed E-state index contributed by atoms with van der Waals surface area (Å²) >= 11 is 5.82. The molecule has 2 fully saturated rings. The lowest BCUT2D eigenvalue weighted by molar-refractivity contribution is 0.266. The normalized spacial score (nSPS) is 26.8. The highest BCUT2D eigenvalue weighted by atomic mass is 35.5. The lowest BCUT2D eigenvalue weighted by Crippen LogP contribution is -2.29. The Morgan fingerprint density at radius 3 is 2.95 bits per heavy atom. The van der Waals surface area contributed by atoms with Crippen molar-refractivity contribution in [3.05, 3.63) is 34.6 Å². The second-order valence-corrected chi connectivity index (χ2v) is 6.01. The zero-order valence-electron chi connectivity index (χ0n) is 10.8. The van der Waals surface area contributed by atoms with Gasteiger partial charge < -0.3 is 5.32 Å². The molecule has 1 spiro atoms. The quantitative estimate of drug-likeness (QED) is 0.903. The van der Waals surface area contributed by atoms with Gasteiger partial charge in [0.1, 0.15) is 5.82 Å². The minimum absolute atomic E-state index is 0. The van der Waals surface area contributed by atoms with Crippen molar-refractivity contribution < 1.29 is 4.39 Å². The SMILES string of the molecule is Cl.Fc1c(Cl)cccc1CN1CCC2(CCNC2)C1. The third-order valence-corrected chi connectivity index (χ3v) is 4.57. The van der Waals surface area contributed by atoms with E-state index in [0.29, 0.717) is 17.5 Å². The lowest BCUT2D eigenvalue weighted by Gasteiger charge is -2.23. The second-order valence-electron chi connectivity index (χ2n) is 5.60. The summed E-state index contributed by atoms with van der Waals surface area (Å²) in [5.41, 5.74) is 1.15. The third kappa shape index (κ3) is 3.05. The van der Waals surface area contributed by atoms with Gasteiger partial charge in [-0.3, -0.25) is 4.90 Å². The molecule has 0 radical (unpaired) electrons. The van der Waals surface area contributed by atoms with Crippen LogP contribution < -0.4 is 5.32 Å².